The van der Waals surface area contributed by atoms with Crippen LogP contribution in [-0.2, 0) is 13.0 Å². The lowest BCUT2D eigenvalue weighted by Crippen LogP contribution is -2.39. The first-order valence-corrected chi connectivity index (χ1v) is 10.1. The molecular formula is C22H26N6O. The van der Waals surface area contributed by atoms with E-state index < -0.39 is 0 Å². The summed E-state index contributed by atoms with van der Waals surface area (Å²) in [4.78, 5) is 23.2. The third-order valence-corrected chi connectivity index (χ3v) is 5.36. The normalized spacial score (nSPS) is 14.7. The second-order valence-corrected chi connectivity index (χ2v) is 7.43. The second kappa shape index (κ2) is 9.32. The molecule has 1 aliphatic heterocycles. The topological polar surface area (TPSA) is 75.9 Å². The number of likely N-dealkylation sites (tertiary alicyclic amines) is 1. The van der Waals surface area contributed by atoms with Gasteiger partial charge in [-0.3, -0.25) is 14.5 Å². The van der Waals surface area contributed by atoms with Crippen molar-refractivity contribution >= 4 is 11.7 Å². The summed E-state index contributed by atoms with van der Waals surface area (Å²) >= 11 is 0. The molecule has 1 fully saturated rings. The first kappa shape index (κ1) is 19.1. The first-order chi connectivity index (χ1) is 14.3. The van der Waals surface area contributed by atoms with E-state index >= 15 is 0 Å². The number of nitrogens with one attached hydrogen (secondary N) is 1. The van der Waals surface area contributed by atoms with Gasteiger partial charge in [-0.15, -0.1) is 0 Å². The average molecular weight is 390 g/mol. The van der Waals surface area contributed by atoms with E-state index in [1.807, 2.05) is 52.4 Å². The SMILES string of the molecule is O=C(c1ccc(NCCc2cccnc2)nc1)N1CCC(Cn2cccn2)CC1. The summed E-state index contributed by atoms with van der Waals surface area (Å²) in [6, 6.07) is 9.68. The summed E-state index contributed by atoms with van der Waals surface area (Å²) in [5.41, 5.74) is 1.83. The molecule has 1 saturated heterocycles. The van der Waals surface area contributed by atoms with Crippen LogP contribution in [-0.4, -0.2) is 50.2 Å². The molecule has 7 nitrogen and oxygen atoms in total. The molecule has 3 aromatic rings. The standard InChI is InChI=1S/C22H26N6O/c29-22(27-13-7-19(8-14-27)17-28-12-2-10-26-28)20-4-5-21(25-16-20)24-11-6-18-3-1-9-23-15-18/h1-5,9-10,12,15-16,19H,6-8,11,13-14,17H2,(H,24,25). The number of amides is 1. The molecule has 7 heteroatoms. The van der Waals surface area contributed by atoms with Crippen LogP contribution < -0.4 is 5.32 Å². The molecule has 0 atom stereocenters. The van der Waals surface area contributed by atoms with Gasteiger partial charge in [-0.2, -0.15) is 5.10 Å². The monoisotopic (exact) mass is 390 g/mol. The second-order valence-electron chi connectivity index (χ2n) is 7.43. The highest BCUT2D eigenvalue weighted by atomic mass is 16.2. The van der Waals surface area contributed by atoms with Crippen LogP contribution in [0.1, 0.15) is 28.8 Å². The largest absolute Gasteiger partial charge is 0.370 e. The molecule has 4 heterocycles. The van der Waals surface area contributed by atoms with E-state index in [0.29, 0.717) is 11.5 Å². The molecule has 0 spiro atoms. The number of carbonyl (C=O) groups excluding carboxylic acids is 1. The van der Waals surface area contributed by atoms with Gasteiger partial charge in [0.05, 0.1) is 5.56 Å². The number of nitrogens with zero attached hydrogens (tertiary/aromatic N) is 5. The zero-order valence-corrected chi connectivity index (χ0v) is 16.4. The van der Waals surface area contributed by atoms with Crippen LogP contribution >= 0.6 is 0 Å². The summed E-state index contributed by atoms with van der Waals surface area (Å²) in [5, 5.41) is 7.57. The molecule has 1 aliphatic rings. The van der Waals surface area contributed by atoms with Crippen LogP contribution in [0.3, 0.4) is 0 Å². The summed E-state index contributed by atoms with van der Waals surface area (Å²) in [5.74, 6) is 1.42. The molecule has 0 aliphatic carbocycles. The van der Waals surface area contributed by atoms with Gasteiger partial charge in [-0.1, -0.05) is 6.07 Å². The van der Waals surface area contributed by atoms with Crippen molar-refractivity contribution in [3.8, 4) is 0 Å². The Bertz CT molecular complexity index is 887. The Labute approximate surface area is 170 Å². The lowest BCUT2D eigenvalue weighted by atomic mass is 9.96. The highest BCUT2D eigenvalue weighted by Gasteiger charge is 2.24. The zero-order chi connectivity index (χ0) is 19.9. The van der Waals surface area contributed by atoms with Crippen molar-refractivity contribution in [3.05, 3.63) is 72.4 Å². The Morgan fingerprint density at radius 2 is 2.00 bits per heavy atom. The number of hydrogen-bond acceptors (Lipinski definition) is 5. The minimum absolute atomic E-state index is 0.0666. The van der Waals surface area contributed by atoms with Gasteiger partial charge >= 0.3 is 0 Å². The van der Waals surface area contributed by atoms with Gasteiger partial charge in [0.2, 0.25) is 0 Å². The fraction of sp³-hybridized carbons (Fsp3) is 0.364. The van der Waals surface area contributed by atoms with E-state index in [4.69, 9.17) is 0 Å². The zero-order valence-electron chi connectivity index (χ0n) is 16.4. The lowest BCUT2D eigenvalue weighted by Gasteiger charge is -2.32. The fourth-order valence-electron chi connectivity index (χ4n) is 3.68. The van der Waals surface area contributed by atoms with Gasteiger partial charge in [-0.25, -0.2) is 4.98 Å². The summed E-state index contributed by atoms with van der Waals surface area (Å²) in [6.07, 6.45) is 12.0. The van der Waals surface area contributed by atoms with Crippen molar-refractivity contribution in [1.82, 2.24) is 24.6 Å². The molecule has 1 N–H and O–H groups in total. The van der Waals surface area contributed by atoms with Gasteiger partial charge in [0.15, 0.2) is 0 Å². The van der Waals surface area contributed by atoms with Crippen LogP contribution in [0.4, 0.5) is 5.82 Å². The number of pyridine rings is 2. The molecule has 0 aromatic carbocycles. The van der Waals surface area contributed by atoms with Gasteiger partial charge in [0, 0.05) is 57.2 Å². The van der Waals surface area contributed by atoms with Gasteiger partial charge in [-0.05, 0) is 55.0 Å². The minimum Gasteiger partial charge on any atom is -0.370 e. The first-order valence-electron chi connectivity index (χ1n) is 10.1. The molecule has 0 saturated carbocycles. The predicted molar refractivity (Wildman–Crippen MR) is 112 cm³/mol. The maximum absolute atomic E-state index is 12.8. The van der Waals surface area contributed by atoms with Crippen LogP contribution in [0.5, 0.6) is 0 Å². The maximum atomic E-state index is 12.8. The van der Waals surface area contributed by atoms with Crippen LogP contribution in [0.2, 0.25) is 0 Å². The molecule has 3 aromatic heterocycles. The third kappa shape index (κ3) is 5.19. The van der Waals surface area contributed by atoms with Crippen molar-refractivity contribution < 1.29 is 4.79 Å². The Morgan fingerprint density at radius 3 is 2.69 bits per heavy atom. The maximum Gasteiger partial charge on any atom is 0.255 e. The average Bonchev–Trinajstić information content (AvgIpc) is 3.28. The van der Waals surface area contributed by atoms with Gasteiger partial charge in [0.25, 0.3) is 5.91 Å². The van der Waals surface area contributed by atoms with Crippen molar-refractivity contribution in [3.63, 3.8) is 0 Å². The Kier molecular flexibility index (Phi) is 6.14. The van der Waals surface area contributed by atoms with Crippen molar-refractivity contribution in [2.45, 2.75) is 25.8 Å². The Balaban J connectivity index is 1.24. The Morgan fingerprint density at radius 1 is 1.10 bits per heavy atom. The lowest BCUT2D eigenvalue weighted by molar-refractivity contribution is 0.0681. The smallest absolute Gasteiger partial charge is 0.255 e. The van der Waals surface area contributed by atoms with Gasteiger partial charge in [0.1, 0.15) is 5.82 Å². The van der Waals surface area contributed by atoms with Crippen molar-refractivity contribution in [2.75, 3.05) is 25.0 Å². The summed E-state index contributed by atoms with van der Waals surface area (Å²) in [7, 11) is 0. The molecular weight excluding hydrogens is 364 g/mol. The molecule has 0 bridgehead atoms. The number of hydrogen-bond donors (Lipinski definition) is 1. The summed E-state index contributed by atoms with van der Waals surface area (Å²) < 4.78 is 1.98. The number of anilines is 1. The van der Waals surface area contributed by atoms with Crippen molar-refractivity contribution in [1.29, 1.82) is 0 Å². The van der Waals surface area contributed by atoms with Gasteiger partial charge < -0.3 is 10.2 Å². The molecule has 1 amide bonds. The third-order valence-electron chi connectivity index (χ3n) is 5.36. The number of piperidine rings is 1. The highest BCUT2D eigenvalue weighted by Crippen LogP contribution is 2.20. The highest BCUT2D eigenvalue weighted by molar-refractivity contribution is 5.94. The molecule has 0 unspecified atom stereocenters. The molecule has 0 radical (unpaired) electrons. The predicted octanol–water partition coefficient (Wildman–Crippen LogP) is 2.88. The quantitative estimate of drug-likeness (QED) is 0.671. The minimum atomic E-state index is 0.0666. The van der Waals surface area contributed by atoms with Crippen molar-refractivity contribution in [2.24, 2.45) is 5.92 Å². The van der Waals surface area contributed by atoms with E-state index in [9.17, 15) is 4.79 Å². The van der Waals surface area contributed by atoms with Crippen LogP contribution in [0, 0.1) is 5.92 Å². The van der Waals surface area contributed by atoms with E-state index in [1.165, 1.54) is 5.56 Å². The Hall–Kier alpha value is -3.22. The van der Waals surface area contributed by atoms with Crippen LogP contribution in [0.15, 0.2) is 61.3 Å². The fourth-order valence-corrected chi connectivity index (χ4v) is 3.68. The number of carbonyl (C=O) groups is 1. The number of rotatable bonds is 7. The molecule has 150 valence electrons. The summed E-state index contributed by atoms with van der Waals surface area (Å²) in [6.45, 7) is 3.28. The van der Waals surface area contributed by atoms with E-state index in [0.717, 1.165) is 51.3 Å². The van der Waals surface area contributed by atoms with E-state index in [1.54, 1.807) is 12.4 Å². The molecule has 29 heavy (non-hydrogen) atoms. The van der Waals surface area contributed by atoms with Crippen LogP contribution in [0.25, 0.3) is 0 Å². The number of aromatic nitrogens is 4. The van der Waals surface area contributed by atoms with E-state index in [-0.39, 0.29) is 5.91 Å². The van der Waals surface area contributed by atoms with E-state index in [2.05, 4.69) is 26.4 Å². The molecule has 4 rings (SSSR count).